The molecular weight excluding hydrogens is 520 g/mol. The summed E-state index contributed by atoms with van der Waals surface area (Å²) in [6.07, 6.45) is 7.51. The summed E-state index contributed by atoms with van der Waals surface area (Å²) in [5.41, 5.74) is 3.59. The van der Waals surface area contributed by atoms with Crippen LogP contribution in [-0.2, 0) is 6.54 Å². The average Bonchev–Trinajstić information content (AvgIpc) is 2.92. The molecule has 216 valence electrons. The molecule has 2 N–H and O–H groups in total. The number of pyridine rings is 1. The van der Waals surface area contributed by atoms with Crippen LogP contribution in [0.2, 0.25) is 0 Å². The number of rotatable bonds is 12. The van der Waals surface area contributed by atoms with Gasteiger partial charge in [-0.2, -0.15) is 8.78 Å². The first-order chi connectivity index (χ1) is 19.2. The number of aromatic nitrogens is 3. The Morgan fingerprint density at radius 3 is 2.40 bits per heavy atom. The van der Waals surface area contributed by atoms with Gasteiger partial charge in [0.25, 0.3) is 0 Å². The van der Waals surface area contributed by atoms with Crippen molar-refractivity contribution in [3.05, 3.63) is 95.5 Å². The highest BCUT2D eigenvalue weighted by molar-refractivity contribution is 5.78. The maximum Gasteiger partial charge on any atom is 0.203 e. The van der Waals surface area contributed by atoms with E-state index in [1.807, 2.05) is 42.1 Å². The number of H-pyrrole nitrogens is 1. The molecule has 2 atom stereocenters. The highest BCUT2D eigenvalue weighted by Crippen LogP contribution is 2.30. The molecule has 2 unspecified atom stereocenters. The van der Waals surface area contributed by atoms with E-state index in [4.69, 9.17) is 4.74 Å². The van der Waals surface area contributed by atoms with Crippen molar-refractivity contribution in [1.82, 2.24) is 20.1 Å². The monoisotopic (exact) mass is 558 g/mol. The molecule has 40 heavy (non-hydrogen) atoms. The molecular formula is C31H38F4N4O. The van der Waals surface area contributed by atoms with Gasteiger partial charge in [0.2, 0.25) is 11.6 Å². The minimum atomic E-state index is -1.57. The van der Waals surface area contributed by atoms with Crippen molar-refractivity contribution in [1.29, 1.82) is 0 Å². The van der Waals surface area contributed by atoms with E-state index >= 15 is 0 Å². The van der Waals surface area contributed by atoms with Crippen LogP contribution in [-0.4, -0.2) is 21.4 Å². The number of unbranched alkanes of at least 4 members (excludes halogenated alkanes) is 1. The van der Waals surface area contributed by atoms with Crippen molar-refractivity contribution in [3.63, 3.8) is 0 Å². The van der Waals surface area contributed by atoms with Crippen LogP contribution in [0.5, 0.6) is 5.75 Å². The van der Waals surface area contributed by atoms with Crippen LogP contribution in [0.4, 0.5) is 17.6 Å². The van der Waals surface area contributed by atoms with Gasteiger partial charge in [0.15, 0.2) is 17.4 Å². The zero-order valence-electron chi connectivity index (χ0n) is 23.5. The number of hydrogen-bond donors (Lipinski definition) is 2. The lowest BCUT2D eigenvalue weighted by Gasteiger charge is -2.29. The van der Waals surface area contributed by atoms with E-state index in [0.29, 0.717) is 18.5 Å². The lowest BCUT2D eigenvalue weighted by atomic mass is 10.0. The van der Waals surface area contributed by atoms with Crippen molar-refractivity contribution in [2.24, 2.45) is 0 Å². The lowest BCUT2D eigenvalue weighted by molar-refractivity contribution is 0.277. The Labute approximate surface area is 233 Å². The van der Waals surface area contributed by atoms with Gasteiger partial charge < -0.3 is 10.1 Å². The van der Waals surface area contributed by atoms with Gasteiger partial charge in [-0.3, -0.25) is 14.8 Å². The number of hydrogen-bond acceptors (Lipinski definition) is 3. The van der Waals surface area contributed by atoms with Crippen LogP contribution in [0.15, 0.2) is 60.9 Å². The van der Waals surface area contributed by atoms with Crippen LogP contribution in [0, 0.1) is 23.3 Å². The van der Waals surface area contributed by atoms with E-state index in [0.717, 1.165) is 35.0 Å². The Morgan fingerprint density at radius 1 is 1.07 bits per heavy atom. The molecule has 2 aromatic carbocycles. The molecule has 0 fully saturated rings. The highest BCUT2D eigenvalue weighted by atomic mass is 19.2. The third kappa shape index (κ3) is 7.75. The van der Waals surface area contributed by atoms with E-state index in [-0.39, 0.29) is 24.8 Å². The van der Waals surface area contributed by atoms with Crippen LogP contribution in [0.25, 0.3) is 10.9 Å². The zero-order chi connectivity index (χ0) is 29.2. The van der Waals surface area contributed by atoms with Gasteiger partial charge in [0.1, 0.15) is 6.61 Å². The standard InChI is InChI=1S/C28H30F4N4O.C3H8/c1-4-5-8-25(17(2)16-37-28-26(31)21(29)13-22(30)27(28)32)36-15-24(35-36)18(3)34-14-19-9-10-23-20(12-19)7-6-11-33-23;1-3-2/h6-7,9-13,15,18,25,34-35H,2,4-5,8,14,16H2,1,3H3;3H2,1-2H3. The summed E-state index contributed by atoms with van der Waals surface area (Å²) < 4.78 is 61.9. The van der Waals surface area contributed by atoms with Gasteiger partial charge in [0.05, 0.1) is 17.3 Å². The van der Waals surface area contributed by atoms with Gasteiger partial charge in [-0.15, -0.1) is 0 Å². The summed E-state index contributed by atoms with van der Waals surface area (Å²) in [6, 6.07) is 10.1. The molecule has 2 aromatic heterocycles. The van der Waals surface area contributed by atoms with Gasteiger partial charge >= 0.3 is 0 Å². The van der Waals surface area contributed by atoms with E-state index in [9.17, 15) is 17.6 Å². The van der Waals surface area contributed by atoms with Crippen LogP contribution < -0.4 is 10.1 Å². The van der Waals surface area contributed by atoms with Crippen molar-refractivity contribution in [3.8, 4) is 5.75 Å². The van der Waals surface area contributed by atoms with E-state index in [2.05, 4.69) is 48.8 Å². The maximum atomic E-state index is 14.0. The zero-order valence-corrected chi connectivity index (χ0v) is 23.5. The van der Waals surface area contributed by atoms with Gasteiger partial charge in [-0.1, -0.05) is 58.7 Å². The predicted molar refractivity (Wildman–Crippen MR) is 151 cm³/mol. The molecule has 0 saturated heterocycles. The highest BCUT2D eigenvalue weighted by Gasteiger charge is 2.23. The predicted octanol–water partition coefficient (Wildman–Crippen LogP) is 8.55. The number of ether oxygens (including phenoxy) is 1. The first-order valence-corrected chi connectivity index (χ1v) is 13.7. The second-order valence-electron chi connectivity index (χ2n) is 9.85. The van der Waals surface area contributed by atoms with Gasteiger partial charge in [-0.05, 0) is 42.7 Å². The summed E-state index contributed by atoms with van der Waals surface area (Å²) in [5, 5.41) is 7.88. The first kappa shape index (κ1) is 30.9. The minimum Gasteiger partial charge on any atom is -0.483 e. The molecule has 4 rings (SSSR count). The van der Waals surface area contributed by atoms with Crippen LogP contribution >= 0.6 is 0 Å². The van der Waals surface area contributed by atoms with Crippen molar-refractivity contribution in [2.45, 2.75) is 72.0 Å². The summed E-state index contributed by atoms with van der Waals surface area (Å²) in [6.45, 7) is 12.7. The average molecular weight is 559 g/mol. The Bertz CT molecular complexity index is 1360. The fourth-order valence-corrected chi connectivity index (χ4v) is 4.16. The quantitative estimate of drug-likeness (QED) is 0.104. The van der Waals surface area contributed by atoms with Gasteiger partial charge in [0, 0.05) is 36.4 Å². The molecule has 0 aliphatic rings. The number of benzene rings is 2. The molecule has 9 heteroatoms. The lowest BCUT2D eigenvalue weighted by Crippen LogP contribution is -2.28. The topological polar surface area (TPSA) is 54.9 Å². The summed E-state index contributed by atoms with van der Waals surface area (Å²) in [4.78, 5) is 4.34. The fraction of sp³-hybridized carbons (Fsp3) is 0.387. The second-order valence-corrected chi connectivity index (χ2v) is 9.85. The van der Waals surface area contributed by atoms with Crippen molar-refractivity contribution >= 4 is 10.9 Å². The Kier molecular flexibility index (Phi) is 11.4. The Balaban J connectivity index is 0.00000141. The molecule has 2 heterocycles. The SMILES string of the molecule is C=C(COc1c(F)c(F)cc(F)c1F)C(CCCC)n1cc(C(C)NCc2ccc3ncccc3c2)[nH]1.CCC. The van der Waals surface area contributed by atoms with Gasteiger partial charge in [-0.25, -0.2) is 8.78 Å². The Morgan fingerprint density at radius 2 is 1.75 bits per heavy atom. The molecule has 0 amide bonds. The van der Waals surface area contributed by atoms with Crippen LogP contribution in [0.3, 0.4) is 0 Å². The number of halogens is 4. The molecule has 5 nitrogen and oxygen atoms in total. The third-order valence-corrected chi connectivity index (χ3v) is 6.39. The van der Waals surface area contributed by atoms with E-state index < -0.39 is 29.0 Å². The smallest absolute Gasteiger partial charge is 0.203 e. The molecule has 0 saturated carbocycles. The minimum absolute atomic E-state index is 0.0376. The van der Waals surface area contributed by atoms with Crippen molar-refractivity contribution in [2.75, 3.05) is 6.61 Å². The van der Waals surface area contributed by atoms with Crippen molar-refractivity contribution < 1.29 is 22.3 Å². The van der Waals surface area contributed by atoms with Crippen LogP contribution in [0.1, 0.15) is 76.7 Å². The molecule has 0 radical (unpaired) electrons. The summed E-state index contributed by atoms with van der Waals surface area (Å²) >= 11 is 0. The normalized spacial score (nSPS) is 12.6. The molecule has 0 aliphatic carbocycles. The molecule has 0 bridgehead atoms. The number of nitrogens with zero attached hydrogens (tertiary/aromatic N) is 2. The largest absolute Gasteiger partial charge is 0.483 e. The Hall–Kier alpha value is -3.59. The first-order valence-electron chi connectivity index (χ1n) is 13.7. The third-order valence-electron chi connectivity index (χ3n) is 6.39. The number of fused-ring (bicyclic) bond motifs is 1. The molecule has 4 aromatic rings. The maximum absolute atomic E-state index is 14.0. The van der Waals surface area contributed by atoms with E-state index in [1.54, 1.807) is 6.20 Å². The number of nitrogens with one attached hydrogen (secondary N) is 2. The summed E-state index contributed by atoms with van der Waals surface area (Å²) in [5.74, 6) is -7.24. The number of aromatic amines is 1. The molecule has 0 spiro atoms. The fourth-order valence-electron chi connectivity index (χ4n) is 4.16. The second kappa shape index (κ2) is 14.7. The molecule has 0 aliphatic heterocycles. The summed E-state index contributed by atoms with van der Waals surface area (Å²) in [7, 11) is 0. The van der Waals surface area contributed by atoms with E-state index in [1.165, 1.54) is 6.42 Å².